The van der Waals surface area contributed by atoms with Crippen molar-refractivity contribution >= 4 is 19.5 Å². The number of carboxylic acid groups (broad SMARTS) is 1. The molecule has 2 atom stereocenters. The van der Waals surface area contributed by atoms with E-state index in [0.29, 0.717) is 5.56 Å². The number of ether oxygens (including phenoxy) is 1. The number of benzene rings is 1. The SMILES string of the molecule is COP(=O)(OC)C(N)C(C(=O)O)C(=O)OCc1ccccc1. The largest absolute Gasteiger partial charge is 0.481 e. The van der Waals surface area contributed by atoms with Crippen molar-refractivity contribution in [3.8, 4) is 0 Å². The Morgan fingerprint density at radius 2 is 1.77 bits per heavy atom. The van der Waals surface area contributed by atoms with Crippen LogP contribution in [-0.4, -0.2) is 37.0 Å². The van der Waals surface area contributed by atoms with Crippen molar-refractivity contribution in [3.63, 3.8) is 0 Å². The molecule has 0 fully saturated rings. The number of hydrogen-bond acceptors (Lipinski definition) is 7. The van der Waals surface area contributed by atoms with E-state index in [1.807, 2.05) is 0 Å². The fraction of sp³-hybridized carbons (Fsp3) is 0.385. The van der Waals surface area contributed by atoms with Gasteiger partial charge < -0.3 is 24.6 Å². The summed E-state index contributed by atoms with van der Waals surface area (Å²) in [7, 11) is -1.83. The third kappa shape index (κ3) is 4.38. The van der Waals surface area contributed by atoms with E-state index in [1.165, 1.54) is 0 Å². The first-order valence-corrected chi connectivity index (χ1v) is 7.87. The molecule has 0 heterocycles. The lowest BCUT2D eigenvalue weighted by Crippen LogP contribution is -2.42. The van der Waals surface area contributed by atoms with Gasteiger partial charge in [0.2, 0.25) is 0 Å². The number of rotatable bonds is 8. The summed E-state index contributed by atoms with van der Waals surface area (Å²) in [5, 5.41) is 9.15. The Morgan fingerprint density at radius 3 is 2.23 bits per heavy atom. The van der Waals surface area contributed by atoms with E-state index in [-0.39, 0.29) is 6.61 Å². The highest BCUT2D eigenvalue weighted by atomic mass is 31.2. The van der Waals surface area contributed by atoms with E-state index in [4.69, 9.17) is 15.6 Å². The molecular formula is C13H18NO7P. The Morgan fingerprint density at radius 1 is 1.23 bits per heavy atom. The van der Waals surface area contributed by atoms with Gasteiger partial charge in [-0.2, -0.15) is 0 Å². The van der Waals surface area contributed by atoms with Crippen LogP contribution < -0.4 is 5.73 Å². The average Bonchev–Trinajstić information content (AvgIpc) is 2.52. The van der Waals surface area contributed by atoms with Crippen LogP contribution >= 0.6 is 7.60 Å². The summed E-state index contributed by atoms with van der Waals surface area (Å²) in [6.07, 6.45) is 0. The van der Waals surface area contributed by atoms with E-state index in [0.717, 1.165) is 14.2 Å². The van der Waals surface area contributed by atoms with Crippen LogP contribution in [0.15, 0.2) is 30.3 Å². The Hall–Kier alpha value is -1.73. The second-order valence-electron chi connectivity index (χ2n) is 4.30. The van der Waals surface area contributed by atoms with E-state index in [9.17, 15) is 14.2 Å². The number of hydrogen-bond donors (Lipinski definition) is 2. The van der Waals surface area contributed by atoms with Crippen molar-refractivity contribution in [1.29, 1.82) is 0 Å². The van der Waals surface area contributed by atoms with Crippen LogP contribution in [0.3, 0.4) is 0 Å². The normalized spacial score (nSPS) is 14.1. The minimum atomic E-state index is -3.94. The van der Waals surface area contributed by atoms with Crippen molar-refractivity contribution in [2.24, 2.45) is 11.7 Å². The van der Waals surface area contributed by atoms with Gasteiger partial charge in [0.1, 0.15) is 12.4 Å². The van der Waals surface area contributed by atoms with Crippen LogP contribution in [0.4, 0.5) is 0 Å². The molecule has 0 spiro atoms. The molecule has 0 radical (unpaired) electrons. The summed E-state index contributed by atoms with van der Waals surface area (Å²) in [5.74, 6) is -6.23. The topological polar surface area (TPSA) is 125 Å². The molecule has 8 nitrogen and oxygen atoms in total. The molecule has 2 unspecified atom stereocenters. The summed E-state index contributed by atoms with van der Waals surface area (Å²) >= 11 is 0. The van der Waals surface area contributed by atoms with E-state index < -0.39 is 31.2 Å². The summed E-state index contributed by atoms with van der Waals surface area (Å²) in [4.78, 5) is 23.2. The molecule has 0 bridgehead atoms. The fourth-order valence-electron chi connectivity index (χ4n) is 1.71. The summed E-state index contributed by atoms with van der Waals surface area (Å²) in [5.41, 5.74) is 6.27. The van der Waals surface area contributed by atoms with E-state index in [2.05, 4.69) is 9.05 Å². The first-order valence-electron chi connectivity index (χ1n) is 6.26. The molecule has 9 heteroatoms. The Labute approximate surface area is 127 Å². The fourth-order valence-corrected chi connectivity index (χ4v) is 2.96. The third-order valence-corrected chi connectivity index (χ3v) is 5.01. The average molecular weight is 331 g/mol. The minimum Gasteiger partial charge on any atom is -0.481 e. The number of esters is 1. The molecule has 0 amide bonds. The van der Waals surface area contributed by atoms with Crippen LogP contribution in [0.1, 0.15) is 5.56 Å². The van der Waals surface area contributed by atoms with Crippen LogP contribution in [0.2, 0.25) is 0 Å². The molecule has 122 valence electrons. The molecule has 0 aliphatic heterocycles. The van der Waals surface area contributed by atoms with Gasteiger partial charge in [-0.3, -0.25) is 14.2 Å². The zero-order valence-electron chi connectivity index (χ0n) is 12.2. The molecule has 0 aliphatic carbocycles. The molecule has 0 saturated heterocycles. The first-order chi connectivity index (χ1) is 10.4. The van der Waals surface area contributed by atoms with Gasteiger partial charge in [-0.1, -0.05) is 30.3 Å². The molecular weight excluding hydrogens is 313 g/mol. The van der Waals surface area contributed by atoms with E-state index >= 15 is 0 Å². The molecule has 0 saturated carbocycles. The lowest BCUT2D eigenvalue weighted by Gasteiger charge is -2.24. The lowest BCUT2D eigenvalue weighted by atomic mass is 10.1. The second kappa shape index (κ2) is 8.05. The summed E-state index contributed by atoms with van der Waals surface area (Å²) in [6, 6.07) is 8.69. The van der Waals surface area contributed by atoms with Crippen LogP contribution in [0.5, 0.6) is 0 Å². The molecule has 1 aromatic carbocycles. The number of carboxylic acids is 1. The zero-order chi connectivity index (χ0) is 16.8. The van der Waals surface area contributed by atoms with Gasteiger partial charge in [0.15, 0.2) is 5.92 Å². The van der Waals surface area contributed by atoms with Gasteiger partial charge in [0.05, 0.1) is 0 Å². The number of carbonyl (C=O) groups is 2. The first kappa shape index (κ1) is 18.3. The van der Waals surface area contributed by atoms with Crippen LogP contribution in [-0.2, 0) is 34.5 Å². The standard InChI is InChI=1S/C13H18NO7P/c1-19-22(18,20-2)11(14)10(12(15)16)13(17)21-8-9-6-4-3-5-7-9/h3-7,10-11H,8,14H2,1-2H3,(H,15,16). The van der Waals surface area contributed by atoms with Gasteiger partial charge in [-0.25, -0.2) is 0 Å². The Kier molecular flexibility index (Phi) is 6.70. The number of nitrogens with two attached hydrogens (primary N) is 1. The van der Waals surface area contributed by atoms with Crippen molar-refractivity contribution < 1.29 is 33.0 Å². The van der Waals surface area contributed by atoms with Crippen LogP contribution in [0, 0.1) is 5.92 Å². The monoisotopic (exact) mass is 331 g/mol. The molecule has 0 aromatic heterocycles. The number of carbonyl (C=O) groups excluding carboxylic acids is 1. The maximum absolute atomic E-state index is 12.1. The molecule has 22 heavy (non-hydrogen) atoms. The molecule has 1 aromatic rings. The molecule has 3 N–H and O–H groups in total. The highest BCUT2D eigenvalue weighted by Crippen LogP contribution is 2.52. The Balaban J connectivity index is 2.84. The maximum Gasteiger partial charge on any atom is 0.348 e. The third-order valence-electron chi connectivity index (χ3n) is 2.96. The summed E-state index contributed by atoms with van der Waals surface area (Å²) in [6.45, 7) is -0.125. The predicted octanol–water partition coefficient (Wildman–Crippen LogP) is 1.20. The van der Waals surface area contributed by atoms with Crippen LogP contribution in [0.25, 0.3) is 0 Å². The highest BCUT2D eigenvalue weighted by molar-refractivity contribution is 7.54. The lowest BCUT2D eigenvalue weighted by molar-refractivity contribution is -0.159. The van der Waals surface area contributed by atoms with Gasteiger partial charge >= 0.3 is 19.5 Å². The zero-order valence-corrected chi connectivity index (χ0v) is 13.1. The van der Waals surface area contributed by atoms with Gasteiger partial charge in [-0.05, 0) is 5.56 Å². The van der Waals surface area contributed by atoms with Crippen molar-refractivity contribution in [1.82, 2.24) is 0 Å². The highest BCUT2D eigenvalue weighted by Gasteiger charge is 2.46. The molecule has 0 aliphatic rings. The molecule has 1 rings (SSSR count). The van der Waals surface area contributed by atoms with Crippen molar-refractivity contribution in [3.05, 3.63) is 35.9 Å². The number of aliphatic carboxylic acids is 1. The van der Waals surface area contributed by atoms with Crippen molar-refractivity contribution in [2.45, 2.75) is 12.4 Å². The van der Waals surface area contributed by atoms with Gasteiger partial charge in [-0.15, -0.1) is 0 Å². The maximum atomic E-state index is 12.1. The van der Waals surface area contributed by atoms with Crippen molar-refractivity contribution in [2.75, 3.05) is 14.2 Å². The summed E-state index contributed by atoms with van der Waals surface area (Å²) < 4.78 is 26.3. The van der Waals surface area contributed by atoms with E-state index in [1.54, 1.807) is 30.3 Å². The second-order valence-corrected chi connectivity index (χ2v) is 6.71. The smallest absolute Gasteiger partial charge is 0.348 e. The Bertz CT molecular complexity index is 555. The van der Waals surface area contributed by atoms with Gasteiger partial charge in [0.25, 0.3) is 0 Å². The quantitative estimate of drug-likeness (QED) is 0.413. The van der Waals surface area contributed by atoms with Gasteiger partial charge in [0, 0.05) is 14.2 Å². The minimum absolute atomic E-state index is 0.125. The predicted molar refractivity (Wildman–Crippen MR) is 77.0 cm³/mol.